The van der Waals surface area contributed by atoms with Crippen LogP contribution in [0.3, 0.4) is 0 Å². The molecule has 4 rings (SSSR count). The van der Waals surface area contributed by atoms with Gasteiger partial charge >= 0.3 is 0 Å². The summed E-state index contributed by atoms with van der Waals surface area (Å²) in [5, 5.41) is 10.5. The van der Waals surface area contributed by atoms with Crippen LogP contribution in [0.15, 0.2) is 35.3 Å². The molecule has 2 aliphatic heterocycles. The Morgan fingerprint density at radius 3 is 2.97 bits per heavy atom. The Morgan fingerprint density at radius 2 is 2.23 bits per heavy atom. The molecule has 0 aromatic carbocycles. The van der Waals surface area contributed by atoms with Crippen LogP contribution in [-0.2, 0) is 16.0 Å². The summed E-state index contributed by atoms with van der Waals surface area (Å²) in [5.74, 6) is 1.32. The molecule has 2 saturated heterocycles. The van der Waals surface area contributed by atoms with Gasteiger partial charge in [-0.3, -0.25) is 9.59 Å². The van der Waals surface area contributed by atoms with Crippen LogP contribution >= 0.6 is 11.3 Å². The van der Waals surface area contributed by atoms with E-state index in [1.165, 1.54) is 5.56 Å². The number of piperidine rings is 1. The fourth-order valence-corrected chi connectivity index (χ4v) is 5.20. The summed E-state index contributed by atoms with van der Waals surface area (Å²) in [6.45, 7) is 2.49. The topological polar surface area (TPSA) is 87.2 Å². The Bertz CT molecular complexity index is 844. The number of rotatable bonds is 8. The third kappa shape index (κ3) is 5.36. The number of amides is 2. The van der Waals surface area contributed by atoms with Crippen molar-refractivity contribution in [3.8, 4) is 0 Å². The maximum atomic E-state index is 12.6. The summed E-state index contributed by atoms with van der Waals surface area (Å²) in [6.07, 6.45) is 8.95. The Balaban J connectivity index is 1.25. The number of anilines is 1. The highest BCUT2D eigenvalue weighted by Gasteiger charge is 2.38. The summed E-state index contributed by atoms with van der Waals surface area (Å²) in [5.41, 5.74) is 0.940. The zero-order valence-electron chi connectivity index (χ0n) is 17.2. The van der Waals surface area contributed by atoms with Gasteiger partial charge in [-0.1, -0.05) is 0 Å². The molecule has 2 unspecified atom stereocenters. The molecule has 0 saturated carbocycles. The van der Waals surface area contributed by atoms with E-state index in [0.29, 0.717) is 31.7 Å². The van der Waals surface area contributed by atoms with E-state index in [1.54, 1.807) is 23.7 Å². The van der Waals surface area contributed by atoms with E-state index >= 15 is 0 Å². The Morgan fingerprint density at radius 1 is 1.37 bits per heavy atom. The van der Waals surface area contributed by atoms with Crippen LogP contribution in [-0.4, -0.2) is 47.0 Å². The minimum atomic E-state index is -0.290. The molecule has 2 aromatic rings. The molecule has 0 bridgehead atoms. The van der Waals surface area contributed by atoms with Crippen molar-refractivity contribution in [2.75, 3.05) is 24.5 Å². The van der Waals surface area contributed by atoms with Gasteiger partial charge in [-0.25, -0.2) is 9.97 Å². The van der Waals surface area contributed by atoms with Gasteiger partial charge in [0.2, 0.25) is 17.8 Å². The molecule has 2 N–H and O–H groups in total. The Kier molecular flexibility index (Phi) is 6.62. The molecule has 7 nitrogen and oxygen atoms in total. The minimum absolute atomic E-state index is 0.0638. The predicted octanol–water partition coefficient (Wildman–Crippen LogP) is 2.54. The number of nitrogens with zero attached hydrogens (tertiary/aromatic N) is 3. The standard InChI is InChI=1S/C22H29N5O2S/c28-19(4-7-22(8-5-20(29)26-22)13-17-6-12-30-16-17)25-14-18-3-1-11-27(15-18)21-23-9-2-10-24-21/h2,6,9-10,12,16,18H,1,3-5,7-8,11,13-15H2,(H,25,28)(H,26,29). The SMILES string of the molecule is O=C(CCC1(Cc2ccsc2)CCC(=O)N1)NCC1CCCN(c2ncccn2)C1. The second kappa shape index (κ2) is 9.55. The first-order chi connectivity index (χ1) is 14.6. The fraction of sp³-hybridized carbons (Fsp3) is 0.545. The zero-order valence-corrected chi connectivity index (χ0v) is 18.0. The molecule has 2 aliphatic rings. The van der Waals surface area contributed by atoms with Gasteiger partial charge in [0.1, 0.15) is 0 Å². The lowest BCUT2D eigenvalue weighted by molar-refractivity contribution is -0.123. The maximum absolute atomic E-state index is 12.6. The molecular formula is C22H29N5O2S. The summed E-state index contributed by atoms with van der Waals surface area (Å²) < 4.78 is 0. The second-order valence-corrected chi connectivity index (χ2v) is 9.22. The molecule has 2 aromatic heterocycles. The highest BCUT2D eigenvalue weighted by atomic mass is 32.1. The molecular weight excluding hydrogens is 398 g/mol. The molecule has 2 atom stereocenters. The van der Waals surface area contributed by atoms with Crippen LogP contribution in [0.1, 0.15) is 44.1 Å². The van der Waals surface area contributed by atoms with Gasteiger partial charge in [0.15, 0.2) is 0 Å². The van der Waals surface area contributed by atoms with Crippen molar-refractivity contribution in [1.29, 1.82) is 0 Å². The summed E-state index contributed by atoms with van der Waals surface area (Å²) in [7, 11) is 0. The van der Waals surface area contributed by atoms with Gasteiger partial charge in [0.25, 0.3) is 0 Å². The first-order valence-electron chi connectivity index (χ1n) is 10.7. The molecule has 0 spiro atoms. The van der Waals surface area contributed by atoms with Gasteiger partial charge in [0, 0.05) is 50.4 Å². The monoisotopic (exact) mass is 427 g/mol. The van der Waals surface area contributed by atoms with Crippen molar-refractivity contribution >= 4 is 29.1 Å². The number of nitrogens with one attached hydrogen (secondary N) is 2. The maximum Gasteiger partial charge on any atom is 0.225 e. The number of aromatic nitrogens is 2. The van der Waals surface area contributed by atoms with E-state index in [1.807, 2.05) is 6.07 Å². The van der Waals surface area contributed by atoms with Crippen LogP contribution in [0, 0.1) is 5.92 Å². The average Bonchev–Trinajstić information content (AvgIpc) is 3.42. The Hall–Kier alpha value is -2.48. The van der Waals surface area contributed by atoms with Crippen molar-refractivity contribution in [3.63, 3.8) is 0 Å². The van der Waals surface area contributed by atoms with Gasteiger partial charge in [-0.15, -0.1) is 0 Å². The molecule has 160 valence electrons. The molecule has 2 fully saturated rings. The number of carbonyl (C=O) groups excluding carboxylic acids is 2. The average molecular weight is 428 g/mol. The van der Waals surface area contributed by atoms with Crippen LogP contribution in [0.4, 0.5) is 5.95 Å². The van der Waals surface area contributed by atoms with Crippen molar-refractivity contribution in [1.82, 2.24) is 20.6 Å². The van der Waals surface area contributed by atoms with E-state index in [2.05, 4.69) is 42.3 Å². The largest absolute Gasteiger partial charge is 0.356 e. The quantitative estimate of drug-likeness (QED) is 0.676. The van der Waals surface area contributed by atoms with Crippen LogP contribution in [0.2, 0.25) is 0 Å². The lowest BCUT2D eigenvalue weighted by Crippen LogP contribution is -2.45. The molecule has 2 amide bonds. The van der Waals surface area contributed by atoms with E-state index < -0.39 is 0 Å². The van der Waals surface area contributed by atoms with E-state index in [0.717, 1.165) is 44.7 Å². The van der Waals surface area contributed by atoms with E-state index in [9.17, 15) is 9.59 Å². The van der Waals surface area contributed by atoms with Crippen molar-refractivity contribution in [2.45, 2.75) is 50.5 Å². The van der Waals surface area contributed by atoms with Gasteiger partial charge in [0.05, 0.1) is 0 Å². The van der Waals surface area contributed by atoms with Crippen LogP contribution in [0.5, 0.6) is 0 Å². The Labute approximate surface area is 181 Å². The smallest absolute Gasteiger partial charge is 0.225 e. The summed E-state index contributed by atoms with van der Waals surface area (Å²) >= 11 is 1.66. The second-order valence-electron chi connectivity index (χ2n) is 8.44. The van der Waals surface area contributed by atoms with Crippen molar-refractivity contribution in [3.05, 3.63) is 40.8 Å². The molecule has 0 radical (unpaired) electrons. The normalized spacial score (nSPS) is 23.9. The lowest BCUT2D eigenvalue weighted by Gasteiger charge is -2.33. The number of carbonyl (C=O) groups is 2. The highest BCUT2D eigenvalue weighted by molar-refractivity contribution is 7.07. The van der Waals surface area contributed by atoms with Crippen LogP contribution in [0.25, 0.3) is 0 Å². The molecule has 0 aliphatic carbocycles. The van der Waals surface area contributed by atoms with E-state index in [4.69, 9.17) is 0 Å². The summed E-state index contributed by atoms with van der Waals surface area (Å²) in [4.78, 5) is 35.3. The lowest BCUT2D eigenvalue weighted by atomic mass is 9.85. The van der Waals surface area contributed by atoms with Crippen molar-refractivity contribution in [2.24, 2.45) is 5.92 Å². The fourth-order valence-electron chi connectivity index (χ4n) is 4.53. The number of hydrogen-bond acceptors (Lipinski definition) is 6. The van der Waals surface area contributed by atoms with Crippen molar-refractivity contribution < 1.29 is 9.59 Å². The van der Waals surface area contributed by atoms with E-state index in [-0.39, 0.29) is 17.4 Å². The van der Waals surface area contributed by atoms with Gasteiger partial charge in [-0.2, -0.15) is 11.3 Å². The minimum Gasteiger partial charge on any atom is -0.356 e. The van der Waals surface area contributed by atoms with Gasteiger partial charge in [-0.05, 0) is 66.5 Å². The third-order valence-corrected chi connectivity index (χ3v) is 6.86. The zero-order chi connectivity index (χ0) is 20.8. The molecule has 30 heavy (non-hydrogen) atoms. The molecule has 4 heterocycles. The summed E-state index contributed by atoms with van der Waals surface area (Å²) in [6, 6.07) is 3.92. The first-order valence-corrected chi connectivity index (χ1v) is 11.7. The molecule has 8 heteroatoms. The third-order valence-electron chi connectivity index (χ3n) is 6.13. The number of thiophene rings is 1. The van der Waals surface area contributed by atoms with Gasteiger partial charge < -0.3 is 15.5 Å². The van der Waals surface area contributed by atoms with Crippen LogP contribution < -0.4 is 15.5 Å². The number of hydrogen-bond donors (Lipinski definition) is 2. The predicted molar refractivity (Wildman–Crippen MR) is 117 cm³/mol. The highest BCUT2D eigenvalue weighted by Crippen LogP contribution is 2.30. The first kappa shape index (κ1) is 20.8.